The van der Waals surface area contributed by atoms with Crippen LogP contribution in [0.3, 0.4) is 0 Å². The Hall–Kier alpha value is 0.863. The van der Waals surface area contributed by atoms with Crippen LogP contribution >= 0.6 is 0 Å². The van der Waals surface area contributed by atoms with E-state index in [0.717, 1.165) is 0 Å². The van der Waals surface area contributed by atoms with E-state index in [0.29, 0.717) is 0 Å². The fourth-order valence-corrected chi connectivity index (χ4v) is 0. The van der Waals surface area contributed by atoms with E-state index in [2.05, 4.69) is 0 Å². The molecule has 0 aliphatic carbocycles. The quantitative estimate of drug-likeness (QED) is 0.290. The third-order valence-corrected chi connectivity index (χ3v) is 0. The second-order valence-corrected chi connectivity index (χ2v) is 0. The zero-order valence-corrected chi connectivity index (χ0v) is 5.12. The Balaban J connectivity index is 0. The van der Waals surface area contributed by atoms with Crippen molar-refractivity contribution in [2.75, 3.05) is 0 Å². The van der Waals surface area contributed by atoms with Crippen molar-refractivity contribution in [2.45, 2.75) is 0 Å². The molecular formula is H6MgO3Si. The SMILES string of the molecule is O.O.O.[Mg].[Si]. The summed E-state index contributed by atoms with van der Waals surface area (Å²) in [4.78, 5) is 0. The highest BCUT2D eigenvalue weighted by Crippen LogP contribution is -0.287. The van der Waals surface area contributed by atoms with Crippen molar-refractivity contribution in [1.29, 1.82) is 0 Å². The molecule has 0 rings (SSSR count). The van der Waals surface area contributed by atoms with Gasteiger partial charge in [-0.25, -0.2) is 0 Å². The molecule has 0 heterocycles. The van der Waals surface area contributed by atoms with Crippen molar-refractivity contribution < 1.29 is 16.4 Å². The van der Waals surface area contributed by atoms with Gasteiger partial charge >= 0.3 is 0 Å². The summed E-state index contributed by atoms with van der Waals surface area (Å²) in [7, 11) is 0. The maximum atomic E-state index is 0. The highest BCUT2D eigenvalue weighted by Gasteiger charge is 0.00101. The normalized spacial score (nSPS) is 0. The van der Waals surface area contributed by atoms with Crippen molar-refractivity contribution in [3.05, 3.63) is 0 Å². The third kappa shape index (κ3) is 53.5. The summed E-state index contributed by atoms with van der Waals surface area (Å²) in [6.07, 6.45) is 0. The molecule has 0 amide bonds. The van der Waals surface area contributed by atoms with Crippen LogP contribution in [0.15, 0.2) is 0 Å². The lowest BCUT2D eigenvalue weighted by molar-refractivity contribution is 0.823. The Kier molecular flexibility index (Phi) is 3630. The fourth-order valence-electron chi connectivity index (χ4n) is 0. The van der Waals surface area contributed by atoms with Crippen LogP contribution in [0.5, 0.6) is 0 Å². The molecule has 0 fully saturated rings. The van der Waals surface area contributed by atoms with Gasteiger partial charge in [-0.15, -0.1) is 0 Å². The van der Waals surface area contributed by atoms with E-state index in [1.807, 2.05) is 0 Å². The molecule has 0 spiro atoms. The van der Waals surface area contributed by atoms with E-state index in [1.165, 1.54) is 0 Å². The summed E-state index contributed by atoms with van der Waals surface area (Å²) in [5, 5.41) is 0. The van der Waals surface area contributed by atoms with Crippen molar-refractivity contribution in [1.82, 2.24) is 0 Å². The predicted molar refractivity (Wildman–Crippen MR) is 22.3 cm³/mol. The van der Waals surface area contributed by atoms with Crippen molar-refractivity contribution in [3.8, 4) is 0 Å². The van der Waals surface area contributed by atoms with Gasteiger partial charge in [0.15, 0.2) is 0 Å². The molecule has 30 valence electrons. The molecule has 0 aliphatic rings. The predicted octanol–water partition coefficient (Wildman–Crippen LogP) is -3.24. The summed E-state index contributed by atoms with van der Waals surface area (Å²) in [5.41, 5.74) is 0. The van der Waals surface area contributed by atoms with Crippen LogP contribution in [0.4, 0.5) is 0 Å². The minimum Gasteiger partial charge on any atom is -0.412 e. The van der Waals surface area contributed by atoms with E-state index >= 15 is 0 Å². The van der Waals surface area contributed by atoms with Crippen LogP contribution in [-0.4, -0.2) is 50.4 Å². The van der Waals surface area contributed by atoms with Gasteiger partial charge in [0.2, 0.25) is 0 Å². The Morgan fingerprint density at radius 3 is 0.600 bits per heavy atom. The fraction of sp³-hybridized carbons (Fsp3) is 0. The Labute approximate surface area is 50.9 Å². The Morgan fingerprint density at radius 2 is 0.600 bits per heavy atom. The first-order valence-electron chi connectivity index (χ1n) is 0. The zero-order valence-electron chi connectivity index (χ0n) is 2.71. The van der Waals surface area contributed by atoms with Crippen LogP contribution in [-0.2, 0) is 0 Å². The molecule has 0 aromatic carbocycles. The van der Waals surface area contributed by atoms with Crippen LogP contribution < -0.4 is 0 Å². The van der Waals surface area contributed by atoms with Crippen LogP contribution in [0.2, 0.25) is 0 Å². The molecule has 0 atom stereocenters. The molecule has 5 heavy (non-hydrogen) atoms. The Bertz CT molecular complexity index is 6.85. The van der Waals surface area contributed by atoms with Crippen LogP contribution in [0.25, 0.3) is 0 Å². The lowest BCUT2D eigenvalue weighted by atomic mass is 16.0. The average molecular weight is 106 g/mol. The lowest BCUT2D eigenvalue weighted by Gasteiger charge is -0.413. The van der Waals surface area contributed by atoms with Gasteiger partial charge in [-0.2, -0.15) is 0 Å². The molecule has 0 unspecified atom stereocenters. The number of hydrogen-bond donors (Lipinski definition) is 0. The summed E-state index contributed by atoms with van der Waals surface area (Å²) in [6.45, 7) is 0. The highest BCUT2D eigenvalue weighted by atomic mass is 28.1. The second-order valence-electron chi connectivity index (χ2n) is 0. The van der Waals surface area contributed by atoms with Gasteiger partial charge in [0.25, 0.3) is 0 Å². The summed E-state index contributed by atoms with van der Waals surface area (Å²) >= 11 is 0. The van der Waals surface area contributed by atoms with E-state index < -0.39 is 0 Å². The minimum atomic E-state index is 0. The van der Waals surface area contributed by atoms with E-state index in [4.69, 9.17) is 0 Å². The molecule has 5 heteroatoms. The standard InChI is InChI=1S/Mg.3H2O.Si/h;3*1H2;. The first kappa shape index (κ1) is 186. The van der Waals surface area contributed by atoms with Gasteiger partial charge in [-0.05, 0) is 0 Å². The molecule has 0 aromatic heterocycles. The van der Waals surface area contributed by atoms with E-state index in [-0.39, 0.29) is 50.4 Å². The zero-order chi connectivity index (χ0) is 0. The smallest absolute Gasteiger partial charge is 0 e. The second kappa shape index (κ2) is 97.4. The van der Waals surface area contributed by atoms with Crippen molar-refractivity contribution in [3.63, 3.8) is 0 Å². The van der Waals surface area contributed by atoms with E-state index in [9.17, 15) is 0 Å². The first-order chi connectivity index (χ1) is 0. The van der Waals surface area contributed by atoms with Crippen LogP contribution in [0.1, 0.15) is 0 Å². The van der Waals surface area contributed by atoms with Gasteiger partial charge in [0.1, 0.15) is 0 Å². The molecule has 6 radical (unpaired) electrons. The highest BCUT2D eigenvalue weighted by molar-refractivity contribution is 5.76. The number of rotatable bonds is 0. The summed E-state index contributed by atoms with van der Waals surface area (Å²) < 4.78 is 0. The minimum absolute atomic E-state index is 0. The van der Waals surface area contributed by atoms with Gasteiger partial charge in [-0.1, -0.05) is 0 Å². The van der Waals surface area contributed by atoms with E-state index in [1.54, 1.807) is 0 Å². The molecule has 0 aromatic rings. The van der Waals surface area contributed by atoms with Gasteiger partial charge in [0.05, 0.1) is 0 Å². The first-order valence-corrected chi connectivity index (χ1v) is 0. The lowest BCUT2D eigenvalue weighted by Crippen LogP contribution is -0.382. The Morgan fingerprint density at radius 1 is 0.600 bits per heavy atom. The molecule has 3 nitrogen and oxygen atoms in total. The molecular weight excluding hydrogens is 100 g/mol. The number of hydrogen-bond acceptors (Lipinski definition) is 0. The van der Waals surface area contributed by atoms with Crippen molar-refractivity contribution >= 4 is 34.0 Å². The maximum Gasteiger partial charge on any atom is 0 e. The summed E-state index contributed by atoms with van der Waals surface area (Å²) in [6, 6.07) is 0. The molecule has 0 bridgehead atoms. The van der Waals surface area contributed by atoms with Gasteiger partial charge < -0.3 is 16.4 Å². The molecule has 0 saturated heterocycles. The van der Waals surface area contributed by atoms with Crippen molar-refractivity contribution in [2.24, 2.45) is 0 Å². The molecule has 0 saturated carbocycles. The third-order valence-electron chi connectivity index (χ3n) is 0. The van der Waals surface area contributed by atoms with Crippen LogP contribution in [0, 0.1) is 0 Å². The maximum absolute atomic E-state index is 0. The molecule has 6 N–H and O–H groups in total. The summed E-state index contributed by atoms with van der Waals surface area (Å²) in [5.74, 6) is 0. The molecule has 0 aliphatic heterocycles. The van der Waals surface area contributed by atoms with Gasteiger partial charge in [-0.3, -0.25) is 0 Å². The monoisotopic (exact) mass is 106 g/mol. The largest absolute Gasteiger partial charge is 0.412 e. The topological polar surface area (TPSA) is 94.5 Å². The van der Waals surface area contributed by atoms with Gasteiger partial charge in [0, 0.05) is 34.0 Å². The average Bonchev–Trinajstić information content (AvgIpc) is 0.